The van der Waals surface area contributed by atoms with Crippen LogP contribution in [0.2, 0.25) is 8.67 Å². The number of benzene rings is 1. The van der Waals surface area contributed by atoms with Crippen LogP contribution in [0.3, 0.4) is 0 Å². The van der Waals surface area contributed by atoms with Crippen LogP contribution in [0.4, 0.5) is 9.52 Å². The predicted molar refractivity (Wildman–Crippen MR) is 105 cm³/mol. The molecule has 0 bridgehead atoms. The SMILES string of the molecule is O=C(c1cc(Cl)sc1Cl)N(CC1CCCO1)c1nc2ccc(F)cc2s1. The highest BCUT2D eigenvalue weighted by Gasteiger charge is 2.29. The Bertz CT molecular complexity index is 969. The molecule has 0 aliphatic carbocycles. The van der Waals surface area contributed by atoms with Crippen LogP contribution in [0.15, 0.2) is 24.3 Å². The van der Waals surface area contributed by atoms with E-state index >= 15 is 0 Å². The van der Waals surface area contributed by atoms with E-state index in [2.05, 4.69) is 4.98 Å². The average molecular weight is 431 g/mol. The molecule has 1 saturated heterocycles. The van der Waals surface area contributed by atoms with Gasteiger partial charge in [-0.1, -0.05) is 34.5 Å². The molecular formula is C17H13Cl2FN2O2S2. The largest absolute Gasteiger partial charge is 0.376 e. The molecule has 1 aliphatic rings. The first-order valence-corrected chi connectivity index (χ1v) is 10.3. The van der Waals surface area contributed by atoms with Gasteiger partial charge in [-0.2, -0.15) is 0 Å². The van der Waals surface area contributed by atoms with Crippen LogP contribution in [-0.2, 0) is 4.74 Å². The molecule has 3 aromatic rings. The van der Waals surface area contributed by atoms with Crippen LogP contribution < -0.4 is 4.90 Å². The fraction of sp³-hybridized carbons (Fsp3) is 0.294. The van der Waals surface area contributed by atoms with Gasteiger partial charge in [0.2, 0.25) is 0 Å². The third kappa shape index (κ3) is 3.59. The number of thiazole rings is 1. The van der Waals surface area contributed by atoms with Gasteiger partial charge in [0.1, 0.15) is 10.2 Å². The van der Waals surface area contributed by atoms with Gasteiger partial charge < -0.3 is 4.74 Å². The van der Waals surface area contributed by atoms with Gasteiger partial charge in [-0.3, -0.25) is 9.69 Å². The molecular weight excluding hydrogens is 418 g/mol. The van der Waals surface area contributed by atoms with Crippen molar-refractivity contribution in [3.8, 4) is 0 Å². The minimum absolute atomic E-state index is 0.0596. The smallest absolute Gasteiger partial charge is 0.262 e. The Morgan fingerprint density at radius 1 is 1.35 bits per heavy atom. The molecule has 1 aromatic carbocycles. The minimum Gasteiger partial charge on any atom is -0.376 e. The molecule has 4 rings (SSSR count). The third-order valence-electron chi connectivity index (χ3n) is 4.11. The summed E-state index contributed by atoms with van der Waals surface area (Å²) < 4.78 is 20.7. The zero-order chi connectivity index (χ0) is 18.3. The van der Waals surface area contributed by atoms with E-state index in [0.717, 1.165) is 24.2 Å². The van der Waals surface area contributed by atoms with Gasteiger partial charge in [0, 0.05) is 6.61 Å². The highest BCUT2D eigenvalue weighted by molar-refractivity contribution is 7.22. The molecule has 4 nitrogen and oxygen atoms in total. The lowest BCUT2D eigenvalue weighted by molar-refractivity contribution is 0.0918. The fourth-order valence-electron chi connectivity index (χ4n) is 2.87. The number of rotatable bonds is 4. The molecule has 1 unspecified atom stereocenters. The number of fused-ring (bicyclic) bond motifs is 1. The van der Waals surface area contributed by atoms with Crippen molar-refractivity contribution in [1.29, 1.82) is 0 Å². The number of thiophene rings is 1. The third-order valence-corrected chi connectivity index (χ3v) is 6.64. The van der Waals surface area contributed by atoms with E-state index in [1.54, 1.807) is 17.0 Å². The highest BCUT2D eigenvalue weighted by atomic mass is 35.5. The Morgan fingerprint density at radius 3 is 2.88 bits per heavy atom. The van der Waals surface area contributed by atoms with Crippen molar-refractivity contribution in [2.45, 2.75) is 18.9 Å². The Morgan fingerprint density at radius 2 is 2.19 bits per heavy atom. The summed E-state index contributed by atoms with van der Waals surface area (Å²) in [4.78, 5) is 19.2. The fourth-order valence-corrected chi connectivity index (χ4v) is 5.32. The highest BCUT2D eigenvalue weighted by Crippen LogP contribution is 2.35. The number of amides is 1. The first-order valence-electron chi connectivity index (χ1n) is 7.95. The van der Waals surface area contributed by atoms with Crippen LogP contribution in [-0.4, -0.2) is 30.1 Å². The molecule has 1 fully saturated rings. The molecule has 1 amide bonds. The number of carbonyl (C=O) groups is 1. The quantitative estimate of drug-likeness (QED) is 0.538. The summed E-state index contributed by atoms with van der Waals surface area (Å²) in [5, 5.41) is 0.490. The van der Waals surface area contributed by atoms with Gasteiger partial charge in [-0.15, -0.1) is 11.3 Å². The van der Waals surface area contributed by atoms with Gasteiger partial charge >= 0.3 is 0 Å². The number of ether oxygens (including phenoxy) is 1. The monoisotopic (exact) mass is 430 g/mol. The van der Waals surface area contributed by atoms with Crippen molar-refractivity contribution in [2.75, 3.05) is 18.1 Å². The van der Waals surface area contributed by atoms with Crippen molar-refractivity contribution in [2.24, 2.45) is 0 Å². The normalized spacial score (nSPS) is 17.1. The van der Waals surface area contributed by atoms with Crippen LogP contribution in [0.1, 0.15) is 23.2 Å². The van der Waals surface area contributed by atoms with Gasteiger partial charge in [0.15, 0.2) is 5.13 Å². The van der Waals surface area contributed by atoms with Crippen molar-refractivity contribution in [3.05, 3.63) is 44.3 Å². The number of anilines is 1. The number of hydrogen-bond acceptors (Lipinski definition) is 5. The Kier molecular flexibility index (Phi) is 5.16. The number of hydrogen-bond donors (Lipinski definition) is 0. The van der Waals surface area contributed by atoms with Crippen molar-refractivity contribution >= 4 is 67.1 Å². The molecule has 0 radical (unpaired) electrons. The zero-order valence-corrected chi connectivity index (χ0v) is 16.5. The molecule has 3 heterocycles. The summed E-state index contributed by atoms with van der Waals surface area (Å²) in [6, 6.07) is 5.94. The number of halogens is 3. The van der Waals surface area contributed by atoms with E-state index in [4.69, 9.17) is 27.9 Å². The van der Waals surface area contributed by atoms with Crippen LogP contribution in [0.5, 0.6) is 0 Å². The Hall–Kier alpha value is -1.25. The maximum atomic E-state index is 13.5. The number of carbonyl (C=O) groups excluding carboxylic acids is 1. The molecule has 0 N–H and O–H groups in total. The lowest BCUT2D eigenvalue weighted by atomic mass is 10.2. The second kappa shape index (κ2) is 7.40. The minimum atomic E-state index is -0.336. The molecule has 136 valence electrons. The Labute approximate surface area is 167 Å². The topological polar surface area (TPSA) is 42.4 Å². The summed E-state index contributed by atoms with van der Waals surface area (Å²) in [7, 11) is 0. The van der Waals surface area contributed by atoms with E-state index in [1.807, 2.05) is 0 Å². The predicted octanol–water partition coefficient (Wildman–Crippen LogP) is 5.63. The second-order valence-corrected chi connectivity index (χ2v) is 9.19. The summed E-state index contributed by atoms with van der Waals surface area (Å²) in [5.74, 6) is -0.620. The van der Waals surface area contributed by atoms with Crippen molar-refractivity contribution < 1.29 is 13.9 Å². The van der Waals surface area contributed by atoms with Gasteiger partial charge in [-0.25, -0.2) is 9.37 Å². The van der Waals surface area contributed by atoms with Crippen molar-refractivity contribution in [3.63, 3.8) is 0 Å². The molecule has 0 saturated carbocycles. The number of nitrogens with zero attached hydrogens (tertiary/aromatic N) is 2. The molecule has 2 aromatic heterocycles. The Balaban J connectivity index is 1.73. The van der Waals surface area contributed by atoms with E-state index in [1.165, 1.54) is 23.5 Å². The summed E-state index contributed by atoms with van der Waals surface area (Å²) in [6.45, 7) is 1.05. The average Bonchev–Trinajstić information content (AvgIpc) is 3.31. The van der Waals surface area contributed by atoms with Crippen molar-refractivity contribution in [1.82, 2.24) is 4.98 Å². The maximum Gasteiger partial charge on any atom is 0.262 e. The molecule has 1 atom stereocenters. The van der Waals surface area contributed by atoms with Gasteiger partial charge in [-0.05, 0) is 37.1 Å². The van der Waals surface area contributed by atoms with Crippen LogP contribution in [0, 0.1) is 5.82 Å². The summed E-state index contributed by atoms with van der Waals surface area (Å²) in [6.07, 6.45) is 1.78. The molecule has 1 aliphatic heterocycles. The second-order valence-electron chi connectivity index (χ2n) is 5.90. The standard InChI is InChI=1S/C17H13Cl2FN2O2S2/c18-14-7-11(15(19)26-14)16(23)22(8-10-2-1-5-24-10)17-21-12-4-3-9(20)6-13(12)25-17/h3-4,6-7,10H,1-2,5,8H2. The molecule has 0 spiro atoms. The summed E-state index contributed by atoms with van der Waals surface area (Å²) >= 11 is 14.6. The van der Waals surface area contributed by atoms with Crippen LogP contribution >= 0.6 is 45.9 Å². The van der Waals surface area contributed by atoms with E-state index in [0.29, 0.717) is 42.7 Å². The first kappa shape index (κ1) is 18.1. The van der Waals surface area contributed by atoms with Gasteiger partial charge in [0.05, 0.1) is 32.8 Å². The first-order chi connectivity index (χ1) is 12.5. The van der Waals surface area contributed by atoms with Crippen LogP contribution in [0.25, 0.3) is 10.2 Å². The lowest BCUT2D eigenvalue weighted by Gasteiger charge is -2.22. The van der Waals surface area contributed by atoms with E-state index in [9.17, 15) is 9.18 Å². The summed E-state index contributed by atoms with van der Waals surface area (Å²) in [5.41, 5.74) is 0.982. The number of aromatic nitrogens is 1. The lowest BCUT2D eigenvalue weighted by Crippen LogP contribution is -2.37. The zero-order valence-electron chi connectivity index (χ0n) is 13.4. The maximum absolute atomic E-state index is 13.5. The van der Waals surface area contributed by atoms with E-state index < -0.39 is 0 Å². The van der Waals surface area contributed by atoms with Gasteiger partial charge in [0.25, 0.3) is 5.91 Å². The van der Waals surface area contributed by atoms with E-state index in [-0.39, 0.29) is 17.8 Å². The molecule has 9 heteroatoms. The molecule has 26 heavy (non-hydrogen) atoms.